The van der Waals surface area contributed by atoms with E-state index in [2.05, 4.69) is 5.32 Å². The summed E-state index contributed by atoms with van der Waals surface area (Å²) in [7, 11) is 0. The summed E-state index contributed by atoms with van der Waals surface area (Å²) in [4.78, 5) is 22.6. The van der Waals surface area contributed by atoms with E-state index in [4.69, 9.17) is 9.84 Å². The van der Waals surface area contributed by atoms with Gasteiger partial charge in [-0.25, -0.2) is 4.79 Å². The van der Waals surface area contributed by atoms with Crippen molar-refractivity contribution in [3.8, 4) is 0 Å². The van der Waals surface area contributed by atoms with Crippen molar-refractivity contribution in [3.05, 3.63) is 0 Å². The van der Waals surface area contributed by atoms with Gasteiger partial charge in [0.2, 0.25) is 0 Å². The zero-order chi connectivity index (χ0) is 13.6. The van der Waals surface area contributed by atoms with Crippen LogP contribution in [0.25, 0.3) is 0 Å². The van der Waals surface area contributed by atoms with E-state index < -0.39 is 18.1 Å². The van der Waals surface area contributed by atoms with Gasteiger partial charge in [0, 0.05) is 0 Å². The molecule has 1 unspecified atom stereocenters. The summed E-state index contributed by atoms with van der Waals surface area (Å²) >= 11 is 0. The number of carbonyl (C=O) groups is 2. The maximum absolute atomic E-state index is 11.8. The quantitative estimate of drug-likeness (QED) is 0.821. The van der Waals surface area contributed by atoms with Crippen LogP contribution in [0.5, 0.6) is 0 Å². The third-order valence-corrected chi connectivity index (χ3v) is 5.00. The zero-order valence-electron chi connectivity index (χ0n) is 11.2. The number of hydrogen-bond acceptors (Lipinski definition) is 3. The lowest BCUT2D eigenvalue weighted by Gasteiger charge is -2.55. The lowest BCUT2D eigenvalue weighted by Crippen LogP contribution is -2.54. The van der Waals surface area contributed by atoms with Crippen molar-refractivity contribution in [2.75, 3.05) is 0 Å². The van der Waals surface area contributed by atoms with Crippen LogP contribution < -0.4 is 5.32 Å². The Morgan fingerprint density at radius 3 is 2.05 bits per heavy atom. The standard InChI is InChI=1S/C14H21NO4/c1-8(12(16)17)15-13(18)19-14-5-9-2-10(6-14)4-11(3-9)7-14/h8-11H,2-7H2,1H3,(H,15,18)(H,16,17). The number of nitrogens with one attached hydrogen (secondary N) is 1. The highest BCUT2D eigenvalue weighted by molar-refractivity contribution is 5.79. The van der Waals surface area contributed by atoms with E-state index in [1.807, 2.05) is 0 Å². The molecule has 4 bridgehead atoms. The molecule has 4 fully saturated rings. The first-order valence-corrected chi connectivity index (χ1v) is 7.18. The van der Waals surface area contributed by atoms with Crippen LogP contribution in [0.1, 0.15) is 45.4 Å². The highest BCUT2D eigenvalue weighted by Crippen LogP contribution is 2.57. The molecule has 2 N–H and O–H groups in total. The second-order valence-electron chi connectivity index (χ2n) is 6.69. The molecule has 0 radical (unpaired) electrons. The molecular formula is C14H21NO4. The Balaban J connectivity index is 1.63. The summed E-state index contributed by atoms with van der Waals surface area (Å²) in [5, 5.41) is 11.2. The molecule has 0 aliphatic heterocycles. The fourth-order valence-corrected chi connectivity index (χ4v) is 4.62. The van der Waals surface area contributed by atoms with Crippen LogP contribution in [0.4, 0.5) is 4.79 Å². The van der Waals surface area contributed by atoms with E-state index in [9.17, 15) is 9.59 Å². The number of carbonyl (C=O) groups excluding carboxylic acids is 1. The third-order valence-electron chi connectivity index (χ3n) is 5.00. The van der Waals surface area contributed by atoms with Gasteiger partial charge in [0.15, 0.2) is 0 Å². The molecule has 19 heavy (non-hydrogen) atoms. The van der Waals surface area contributed by atoms with Gasteiger partial charge >= 0.3 is 12.1 Å². The topological polar surface area (TPSA) is 75.6 Å². The van der Waals surface area contributed by atoms with E-state index in [0.29, 0.717) is 17.8 Å². The third kappa shape index (κ3) is 2.42. The summed E-state index contributed by atoms with van der Waals surface area (Å²) in [6.07, 6.45) is 6.19. The van der Waals surface area contributed by atoms with Crippen LogP contribution in [-0.2, 0) is 9.53 Å². The van der Waals surface area contributed by atoms with Gasteiger partial charge in [-0.3, -0.25) is 4.79 Å². The minimum Gasteiger partial charge on any atom is -0.480 e. The molecule has 0 heterocycles. The van der Waals surface area contributed by atoms with Crippen molar-refractivity contribution >= 4 is 12.1 Å². The Labute approximate surface area is 112 Å². The molecule has 1 atom stereocenters. The Kier molecular flexibility index (Phi) is 2.95. The molecule has 5 nitrogen and oxygen atoms in total. The van der Waals surface area contributed by atoms with Crippen molar-refractivity contribution < 1.29 is 19.4 Å². The Bertz CT molecular complexity index is 371. The number of carboxylic acid groups (broad SMARTS) is 1. The second kappa shape index (κ2) is 4.39. The van der Waals surface area contributed by atoms with Crippen molar-refractivity contribution in [2.45, 2.75) is 57.1 Å². The highest BCUT2D eigenvalue weighted by Gasteiger charge is 2.53. The molecule has 4 aliphatic carbocycles. The first-order valence-electron chi connectivity index (χ1n) is 7.18. The van der Waals surface area contributed by atoms with E-state index in [1.165, 1.54) is 26.2 Å². The first-order chi connectivity index (χ1) is 8.96. The second-order valence-corrected chi connectivity index (χ2v) is 6.69. The number of alkyl carbamates (subject to hydrolysis) is 1. The van der Waals surface area contributed by atoms with Gasteiger partial charge in [0.1, 0.15) is 11.6 Å². The zero-order valence-corrected chi connectivity index (χ0v) is 11.2. The maximum atomic E-state index is 11.8. The fraction of sp³-hybridized carbons (Fsp3) is 0.857. The summed E-state index contributed by atoms with van der Waals surface area (Å²) < 4.78 is 5.66. The molecule has 1 amide bonds. The Hall–Kier alpha value is -1.26. The molecule has 4 aliphatic rings. The monoisotopic (exact) mass is 267 g/mol. The fourth-order valence-electron chi connectivity index (χ4n) is 4.62. The normalized spacial score (nSPS) is 40.8. The first kappa shape index (κ1) is 12.8. The predicted octanol–water partition coefficient (Wildman–Crippen LogP) is 2.15. The number of hydrogen-bond donors (Lipinski definition) is 2. The van der Waals surface area contributed by atoms with E-state index in [1.54, 1.807) is 0 Å². The molecule has 106 valence electrons. The molecule has 4 rings (SSSR count). The SMILES string of the molecule is CC(NC(=O)OC12CC3CC(CC(C3)C1)C2)C(=O)O. The number of rotatable bonds is 3. The largest absolute Gasteiger partial charge is 0.480 e. The molecule has 0 aromatic rings. The van der Waals surface area contributed by atoms with Crippen molar-refractivity contribution in [2.24, 2.45) is 17.8 Å². The predicted molar refractivity (Wildman–Crippen MR) is 67.6 cm³/mol. The van der Waals surface area contributed by atoms with Gasteiger partial charge in [0.25, 0.3) is 0 Å². The van der Waals surface area contributed by atoms with Crippen LogP contribution >= 0.6 is 0 Å². The van der Waals surface area contributed by atoms with Crippen molar-refractivity contribution in [1.82, 2.24) is 5.32 Å². The molecular weight excluding hydrogens is 246 g/mol. The van der Waals surface area contributed by atoms with E-state index in [0.717, 1.165) is 19.3 Å². The van der Waals surface area contributed by atoms with Crippen LogP contribution in [0.15, 0.2) is 0 Å². The average Bonchev–Trinajstić information content (AvgIpc) is 2.25. The molecule has 4 saturated carbocycles. The van der Waals surface area contributed by atoms with E-state index >= 15 is 0 Å². The Morgan fingerprint density at radius 2 is 1.63 bits per heavy atom. The smallest absolute Gasteiger partial charge is 0.408 e. The summed E-state index contributed by atoms with van der Waals surface area (Å²) in [6.45, 7) is 1.45. The van der Waals surface area contributed by atoms with Gasteiger partial charge in [-0.05, 0) is 63.2 Å². The molecule has 0 spiro atoms. The van der Waals surface area contributed by atoms with E-state index in [-0.39, 0.29) is 5.60 Å². The molecule has 5 heteroatoms. The maximum Gasteiger partial charge on any atom is 0.408 e. The lowest BCUT2D eigenvalue weighted by atomic mass is 9.54. The van der Waals surface area contributed by atoms with Crippen LogP contribution in [0.2, 0.25) is 0 Å². The van der Waals surface area contributed by atoms with Gasteiger partial charge in [-0.15, -0.1) is 0 Å². The molecule has 0 saturated heterocycles. The number of amides is 1. The van der Waals surface area contributed by atoms with Gasteiger partial charge in [0.05, 0.1) is 0 Å². The molecule has 0 aromatic carbocycles. The van der Waals surface area contributed by atoms with Gasteiger partial charge in [-0.1, -0.05) is 0 Å². The van der Waals surface area contributed by atoms with Crippen molar-refractivity contribution in [1.29, 1.82) is 0 Å². The highest BCUT2D eigenvalue weighted by atomic mass is 16.6. The van der Waals surface area contributed by atoms with Gasteiger partial charge < -0.3 is 15.2 Å². The van der Waals surface area contributed by atoms with Gasteiger partial charge in [-0.2, -0.15) is 0 Å². The number of carboxylic acids is 1. The number of aliphatic carboxylic acids is 1. The Morgan fingerprint density at radius 1 is 1.16 bits per heavy atom. The number of ether oxygens (including phenoxy) is 1. The summed E-state index contributed by atoms with van der Waals surface area (Å²) in [5.41, 5.74) is -0.308. The van der Waals surface area contributed by atoms with Crippen molar-refractivity contribution in [3.63, 3.8) is 0 Å². The minimum atomic E-state index is -1.04. The average molecular weight is 267 g/mol. The van der Waals surface area contributed by atoms with Crippen LogP contribution in [0.3, 0.4) is 0 Å². The molecule has 0 aromatic heterocycles. The summed E-state index contributed by atoms with van der Waals surface area (Å²) in [5.74, 6) is 1.07. The van der Waals surface area contributed by atoms with Crippen LogP contribution in [0, 0.1) is 17.8 Å². The van der Waals surface area contributed by atoms with Crippen LogP contribution in [-0.4, -0.2) is 28.8 Å². The minimum absolute atomic E-state index is 0.308. The lowest BCUT2D eigenvalue weighted by molar-refractivity contribution is -0.141. The summed E-state index contributed by atoms with van der Waals surface area (Å²) in [6, 6.07) is -0.901.